The molecule has 0 aliphatic carbocycles. The van der Waals surface area contributed by atoms with Crippen molar-refractivity contribution in [3.8, 4) is 5.88 Å². The summed E-state index contributed by atoms with van der Waals surface area (Å²) >= 11 is 0. The van der Waals surface area contributed by atoms with Gasteiger partial charge in [-0.2, -0.15) is 0 Å². The zero-order valence-electron chi connectivity index (χ0n) is 17.9. The molecular weight excluding hydrogens is 444 g/mol. The maximum atomic E-state index is 15.3. The Morgan fingerprint density at radius 1 is 1.28 bits per heavy atom. The molecule has 0 fully saturated rings. The van der Waals surface area contributed by atoms with Gasteiger partial charge in [-0.05, 0) is 32.0 Å². The fourth-order valence-electron chi connectivity index (χ4n) is 3.38. The zero-order chi connectivity index (χ0) is 23.9. The third-order valence-corrected chi connectivity index (χ3v) is 7.74. The molecule has 0 spiro atoms. The van der Waals surface area contributed by atoms with E-state index in [4.69, 9.17) is 10.5 Å². The van der Waals surface area contributed by atoms with Crippen molar-refractivity contribution in [3.63, 3.8) is 0 Å². The number of rotatable bonds is 5. The largest absolute Gasteiger partial charge is 0.480 e. The summed E-state index contributed by atoms with van der Waals surface area (Å²) in [5.41, 5.74) is 4.10. The molecule has 2 aromatic rings. The minimum absolute atomic E-state index is 0.0184. The number of anilines is 1. The monoisotopic (exact) mass is 467 g/mol. The highest BCUT2D eigenvalue weighted by Gasteiger charge is 2.53. The average molecular weight is 467 g/mol. The first kappa shape index (κ1) is 23.5. The van der Waals surface area contributed by atoms with Crippen molar-refractivity contribution < 1.29 is 26.7 Å². The number of aromatic nitrogens is 2. The first-order valence-corrected chi connectivity index (χ1v) is 11.4. The van der Waals surface area contributed by atoms with Gasteiger partial charge in [-0.15, -0.1) is 0 Å². The number of aliphatic imine (C=N–C) groups is 1. The number of amides is 1. The second-order valence-electron chi connectivity index (χ2n) is 7.91. The Kier molecular flexibility index (Phi) is 5.94. The number of nitrogens with one attached hydrogen (secondary N) is 1. The van der Waals surface area contributed by atoms with E-state index < -0.39 is 44.4 Å². The molecule has 1 amide bonds. The Balaban J connectivity index is 1.97. The van der Waals surface area contributed by atoms with Crippen molar-refractivity contribution in [2.24, 2.45) is 10.7 Å². The summed E-state index contributed by atoms with van der Waals surface area (Å²) in [6.07, 6.45) is 1.06. The molecule has 172 valence electrons. The maximum Gasteiger partial charge on any atom is 0.275 e. The molecule has 0 bridgehead atoms. The lowest BCUT2D eigenvalue weighted by Crippen LogP contribution is -2.56. The highest BCUT2D eigenvalue weighted by Crippen LogP contribution is 2.43. The fraction of sp³-hybridized carbons (Fsp3) is 0.400. The van der Waals surface area contributed by atoms with Gasteiger partial charge >= 0.3 is 0 Å². The smallest absolute Gasteiger partial charge is 0.275 e. The Morgan fingerprint density at radius 3 is 2.53 bits per heavy atom. The number of nitrogens with zero attached hydrogens (tertiary/aromatic N) is 3. The summed E-state index contributed by atoms with van der Waals surface area (Å²) in [6.45, 7) is 2.61. The summed E-state index contributed by atoms with van der Waals surface area (Å²) in [4.78, 5) is 24.3. The van der Waals surface area contributed by atoms with Crippen LogP contribution in [0.3, 0.4) is 0 Å². The van der Waals surface area contributed by atoms with Gasteiger partial charge in [0.15, 0.2) is 9.84 Å². The first-order valence-electron chi connectivity index (χ1n) is 9.48. The van der Waals surface area contributed by atoms with E-state index >= 15 is 4.39 Å². The molecule has 0 saturated heterocycles. The van der Waals surface area contributed by atoms with Crippen LogP contribution in [0.5, 0.6) is 5.88 Å². The molecule has 1 aromatic carbocycles. The molecule has 0 unspecified atom stereocenters. The first-order chi connectivity index (χ1) is 14.8. The second kappa shape index (κ2) is 8.08. The van der Waals surface area contributed by atoms with Crippen LogP contribution in [0.2, 0.25) is 0 Å². The SMILES string of the molecule is COc1cnc(C(=O)Nc2ccc(F)c([C@@]3(C)N=C(N)[C@](C)(S(C)(=O)=O)C[C@@H]3F)c2)cn1. The number of methoxy groups -OCH3 is 1. The third-order valence-electron chi connectivity index (χ3n) is 5.73. The standard InChI is InChI=1S/C20H23F2N5O4S/c1-19(32(4,29)30)8-15(22)20(2,27-18(19)23)12-7-11(5-6-13(12)21)26-17(28)14-9-25-16(31-3)10-24-14/h5-7,9-10,15H,8H2,1-4H3,(H2,23,27)(H,26,28)/t15-,19+,20+/m0/s1. The quantitative estimate of drug-likeness (QED) is 0.686. The highest BCUT2D eigenvalue weighted by atomic mass is 32.2. The van der Waals surface area contributed by atoms with E-state index in [1.54, 1.807) is 0 Å². The molecular formula is C20H23F2N5O4S. The Morgan fingerprint density at radius 2 is 1.97 bits per heavy atom. The van der Waals surface area contributed by atoms with Crippen molar-refractivity contribution in [2.45, 2.75) is 36.7 Å². The lowest BCUT2D eigenvalue weighted by molar-refractivity contribution is 0.102. The summed E-state index contributed by atoms with van der Waals surface area (Å²) < 4.78 is 57.5. The van der Waals surface area contributed by atoms with Gasteiger partial charge in [0, 0.05) is 23.9 Å². The van der Waals surface area contributed by atoms with Crippen molar-refractivity contribution in [2.75, 3.05) is 18.7 Å². The van der Waals surface area contributed by atoms with Gasteiger partial charge in [-0.3, -0.25) is 9.79 Å². The van der Waals surface area contributed by atoms with Gasteiger partial charge in [0.2, 0.25) is 5.88 Å². The number of amidine groups is 1. The van der Waals surface area contributed by atoms with Gasteiger partial charge in [0.1, 0.15) is 33.8 Å². The summed E-state index contributed by atoms with van der Waals surface area (Å²) in [7, 11) is -2.37. The van der Waals surface area contributed by atoms with E-state index in [0.29, 0.717) is 0 Å². The van der Waals surface area contributed by atoms with Crippen molar-refractivity contribution in [3.05, 3.63) is 47.7 Å². The van der Waals surface area contributed by atoms with Crippen LogP contribution < -0.4 is 15.8 Å². The van der Waals surface area contributed by atoms with Crippen LogP contribution in [-0.4, -0.2) is 54.4 Å². The van der Waals surface area contributed by atoms with E-state index in [1.807, 2.05) is 0 Å². The lowest BCUT2D eigenvalue weighted by atomic mass is 9.79. The van der Waals surface area contributed by atoms with E-state index in [2.05, 4.69) is 20.3 Å². The normalized spacial score (nSPS) is 25.7. The summed E-state index contributed by atoms with van der Waals surface area (Å²) in [5, 5.41) is 2.54. The van der Waals surface area contributed by atoms with Crippen molar-refractivity contribution in [1.29, 1.82) is 0 Å². The molecule has 12 heteroatoms. The number of halogens is 2. The van der Waals surface area contributed by atoms with Crippen LogP contribution in [0.4, 0.5) is 14.5 Å². The molecule has 0 radical (unpaired) electrons. The number of nitrogens with two attached hydrogens (primary N) is 1. The maximum absolute atomic E-state index is 15.3. The van der Waals surface area contributed by atoms with Crippen LogP contribution in [0.15, 0.2) is 35.6 Å². The molecule has 3 rings (SSSR count). The number of alkyl halides is 1. The van der Waals surface area contributed by atoms with Crippen molar-refractivity contribution >= 4 is 27.3 Å². The predicted octanol–water partition coefficient (Wildman–Crippen LogP) is 1.99. The molecule has 3 atom stereocenters. The Labute approximate surface area is 184 Å². The third kappa shape index (κ3) is 4.01. The van der Waals surface area contributed by atoms with E-state index in [1.165, 1.54) is 45.5 Å². The minimum atomic E-state index is -3.78. The summed E-state index contributed by atoms with van der Waals surface area (Å²) in [5.74, 6) is -1.49. The fourth-order valence-corrected chi connectivity index (χ4v) is 4.25. The van der Waals surface area contributed by atoms with Gasteiger partial charge < -0.3 is 15.8 Å². The average Bonchev–Trinajstić information content (AvgIpc) is 2.73. The highest BCUT2D eigenvalue weighted by molar-refractivity contribution is 7.92. The number of carbonyl (C=O) groups is 1. The van der Waals surface area contributed by atoms with E-state index in [-0.39, 0.29) is 28.7 Å². The zero-order valence-corrected chi connectivity index (χ0v) is 18.7. The molecule has 1 aromatic heterocycles. The van der Waals surface area contributed by atoms with Crippen LogP contribution in [0.25, 0.3) is 0 Å². The van der Waals surface area contributed by atoms with Gasteiger partial charge in [-0.1, -0.05) is 0 Å². The van der Waals surface area contributed by atoms with Gasteiger partial charge in [0.25, 0.3) is 5.91 Å². The summed E-state index contributed by atoms with van der Waals surface area (Å²) in [6, 6.07) is 3.58. The molecule has 32 heavy (non-hydrogen) atoms. The number of hydrogen-bond acceptors (Lipinski definition) is 8. The predicted molar refractivity (Wildman–Crippen MR) is 115 cm³/mol. The van der Waals surface area contributed by atoms with Crippen LogP contribution in [0, 0.1) is 5.82 Å². The molecule has 1 aliphatic heterocycles. The van der Waals surface area contributed by atoms with Crippen LogP contribution in [0.1, 0.15) is 36.3 Å². The van der Waals surface area contributed by atoms with Gasteiger partial charge in [-0.25, -0.2) is 27.2 Å². The molecule has 2 heterocycles. The van der Waals surface area contributed by atoms with Gasteiger partial charge in [0.05, 0.1) is 19.5 Å². The second-order valence-corrected chi connectivity index (χ2v) is 10.4. The Bertz CT molecular complexity index is 1190. The number of carbonyl (C=O) groups excluding carboxylic acids is 1. The molecule has 9 nitrogen and oxygen atoms in total. The molecule has 0 saturated carbocycles. The van der Waals surface area contributed by atoms with E-state index in [9.17, 15) is 17.6 Å². The van der Waals surface area contributed by atoms with E-state index in [0.717, 1.165) is 12.3 Å². The van der Waals surface area contributed by atoms with Crippen LogP contribution in [-0.2, 0) is 15.4 Å². The number of benzene rings is 1. The molecule has 1 aliphatic rings. The number of ether oxygens (including phenoxy) is 1. The number of hydrogen-bond donors (Lipinski definition) is 2. The van der Waals surface area contributed by atoms with Crippen LogP contribution >= 0.6 is 0 Å². The van der Waals surface area contributed by atoms with Crippen molar-refractivity contribution in [1.82, 2.24) is 9.97 Å². The lowest BCUT2D eigenvalue weighted by Gasteiger charge is -2.41. The Hall–Kier alpha value is -3.15. The topological polar surface area (TPSA) is 137 Å². The number of sulfone groups is 1. The minimum Gasteiger partial charge on any atom is -0.480 e. The molecule has 3 N–H and O–H groups in total.